The van der Waals surface area contributed by atoms with E-state index in [2.05, 4.69) is 27.6 Å². The maximum absolute atomic E-state index is 13.7. The van der Waals surface area contributed by atoms with E-state index in [-0.39, 0.29) is 5.56 Å². The second-order valence-corrected chi connectivity index (χ2v) is 9.68. The second kappa shape index (κ2) is 10.1. The lowest BCUT2D eigenvalue weighted by molar-refractivity contribution is -0.136. The van der Waals surface area contributed by atoms with Gasteiger partial charge in [-0.25, -0.2) is 9.79 Å². The van der Waals surface area contributed by atoms with Gasteiger partial charge in [-0.05, 0) is 52.8 Å². The number of thiazole rings is 1. The number of hydrogen-bond acceptors (Lipinski definition) is 7. The molecule has 0 amide bonds. The van der Waals surface area contributed by atoms with Crippen LogP contribution < -0.4 is 24.4 Å². The van der Waals surface area contributed by atoms with Crippen molar-refractivity contribution in [1.82, 2.24) is 4.57 Å². The Morgan fingerprint density at radius 3 is 2.53 bits per heavy atom. The number of nitrogens with zero attached hydrogens (tertiary/aromatic N) is 2. The third-order valence-corrected chi connectivity index (χ3v) is 7.13. The van der Waals surface area contributed by atoms with Crippen LogP contribution in [0.1, 0.15) is 30.5 Å². The number of benzene rings is 2. The van der Waals surface area contributed by atoms with Crippen LogP contribution in [0.3, 0.4) is 0 Å². The van der Waals surface area contributed by atoms with E-state index in [4.69, 9.17) is 14.2 Å². The maximum atomic E-state index is 13.7. The molecule has 176 valence electrons. The van der Waals surface area contributed by atoms with Gasteiger partial charge in [0.15, 0.2) is 16.3 Å². The largest absolute Gasteiger partial charge is 0.493 e. The highest BCUT2D eigenvalue weighted by atomic mass is 127. The lowest BCUT2D eigenvalue weighted by Gasteiger charge is -2.25. The molecule has 7 nitrogen and oxygen atoms in total. The number of fused-ring (bicyclic) bond motifs is 1. The van der Waals surface area contributed by atoms with Gasteiger partial charge < -0.3 is 14.2 Å². The minimum Gasteiger partial charge on any atom is -0.493 e. The van der Waals surface area contributed by atoms with Crippen molar-refractivity contribution < 1.29 is 19.0 Å². The number of methoxy groups -OCH3 is 3. The molecule has 0 spiro atoms. The minimum atomic E-state index is -0.630. The predicted octanol–water partition coefficient (Wildman–Crippen LogP) is 3.42. The van der Waals surface area contributed by atoms with E-state index < -0.39 is 12.0 Å². The molecular weight excluding hydrogens is 567 g/mol. The van der Waals surface area contributed by atoms with E-state index in [1.165, 1.54) is 18.4 Å². The molecule has 9 heteroatoms. The van der Waals surface area contributed by atoms with E-state index in [9.17, 15) is 9.59 Å². The van der Waals surface area contributed by atoms with Crippen molar-refractivity contribution in [3.63, 3.8) is 0 Å². The van der Waals surface area contributed by atoms with E-state index >= 15 is 0 Å². The summed E-state index contributed by atoms with van der Waals surface area (Å²) in [5, 5.41) is 0. The molecule has 1 atom stereocenters. The van der Waals surface area contributed by atoms with Crippen molar-refractivity contribution in [2.24, 2.45) is 4.99 Å². The standard InChI is InChI=1S/C25H23IN2O5S/c1-5-17-20(24(30)33-4)21(14-9-7-6-8-10-14)28-23(29)19(34-25(28)27-17)12-15-11-16(26)13-18(31-2)22(15)32-3/h6-13,21H,5H2,1-4H3/b19-12+/t21-/m0/s1. The number of hydrogen-bond donors (Lipinski definition) is 0. The Kier molecular flexibility index (Phi) is 7.22. The van der Waals surface area contributed by atoms with E-state index in [1.807, 2.05) is 49.4 Å². The number of ether oxygens (including phenoxy) is 3. The van der Waals surface area contributed by atoms with Crippen molar-refractivity contribution >= 4 is 46.0 Å². The van der Waals surface area contributed by atoms with Crippen LogP contribution in [0.15, 0.2) is 63.5 Å². The highest BCUT2D eigenvalue weighted by Gasteiger charge is 2.33. The van der Waals surface area contributed by atoms with Gasteiger partial charge in [0.1, 0.15) is 0 Å². The van der Waals surface area contributed by atoms with Crippen molar-refractivity contribution in [2.75, 3.05) is 21.3 Å². The Labute approximate surface area is 214 Å². The SMILES string of the molecule is CCC1=C(C(=O)OC)[C@H](c2ccccc2)n2c(s/c(=C/c3cc(I)cc(OC)c3OC)c2=O)=N1. The van der Waals surface area contributed by atoms with E-state index in [0.717, 1.165) is 14.7 Å². The smallest absolute Gasteiger partial charge is 0.338 e. The van der Waals surface area contributed by atoms with E-state index in [1.54, 1.807) is 24.9 Å². The maximum Gasteiger partial charge on any atom is 0.338 e. The number of aromatic nitrogens is 1. The summed E-state index contributed by atoms with van der Waals surface area (Å²) >= 11 is 3.47. The van der Waals surface area contributed by atoms with Gasteiger partial charge in [-0.3, -0.25) is 9.36 Å². The molecule has 2 aromatic carbocycles. The van der Waals surface area contributed by atoms with E-state index in [0.29, 0.717) is 38.5 Å². The molecule has 0 saturated carbocycles. The van der Waals surface area contributed by atoms with Crippen molar-refractivity contribution in [3.8, 4) is 11.5 Å². The fourth-order valence-electron chi connectivity index (χ4n) is 4.02. The molecule has 2 heterocycles. The Hall–Kier alpha value is -2.92. The summed E-state index contributed by atoms with van der Waals surface area (Å²) in [5.74, 6) is 0.627. The molecule has 34 heavy (non-hydrogen) atoms. The molecule has 0 N–H and O–H groups in total. The molecule has 0 radical (unpaired) electrons. The van der Waals surface area contributed by atoms with Gasteiger partial charge in [0.2, 0.25) is 0 Å². The summed E-state index contributed by atoms with van der Waals surface area (Å²) in [7, 11) is 4.48. The van der Waals surface area contributed by atoms with Gasteiger partial charge in [0.05, 0.1) is 43.2 Å². The molecule has 0 fully saturated rings. The number of carbonyl (C=O) groups excluding carboxylic acids is 1. The van der Waals surface area contributed by atoms with Crippen LogP contribution in [0.25, 0.3) is 6.08 Å². The first-order valence-electron chi connectivity index (χ1n) is 10.5. The van der Waals surface area contributed by atoms with Crippen molar-refractivity contribution in [1.29, 1.82) is 0 Å². The normalized spacial score (nSPS) is 15.6. The van der Waals surface area contributed by atoms with Gasteiger partial charge >= 0.3 is 5.97 Å². The minimum absolute atomic E-state index is 0.242. The van der Waals surface area contributed by atoms with Crippen LogP contribution in [0.2, 0.25) is 0 Å². The van der Waals surface area contributed by atoms with Gasteiger partial charge in [-0.1, -0.05) is 48.6 Å². The summed E-state index contributed by atoms with van der Waals surface area (Å²) in [6.07, 6.45) is 2.31. The van der Waals surface area contributed by atoms with Gasteiger partial charge in [-0.15, -0.1) is 0 Å². The predicted molar refractivity (Wildman–Crippen MR) is 139 cm³/mol. The Balaban J connectivity index is 2.02. The van der Waals surface area contributed by atoms with Crippen LogP contribution >= 0.6 is 33.9 Å². The Bertz CT molecular complexity index is 1460. The molecule has 1 aliphatic heterocycles. The summed E-state index contributed by atoms with van der Waals surface area (Å²) in [6.45, 7) is 1.93. The number of allylic oxidation sites excluding steroid dienone is 1. The highest BCUT2D eigenvalue weighted by molar-refractivity contribution is 14.1. The number of halogens is 1. The number of rotatable bonds is 6. The Morgan fingerprint density at radius 2 is 1.91 bits per heavy atom. The first-order valence-corrected chi connectivity index (χ1v) is 12.4. The molecule has 1 aliphatic rings. The third-order valence-electron chi connectivity index (χ3n) is 5.52. The molecule has 0 bridgehead atoms. The van der Waals surface area contributed by atoms with Gasteiger partial charge in [0.25, 0.3) is 5.56 Å². The van der Waals surface area contributed by atoms with Crippen LogP contribution in [-0.2, 0) is 9.53 Å². The summed E-state index contributed by atoms with van der Waals surface area (Å²) in [5.41, 5.74) is 2.28. The lowest BCUT2D eigenvalue weighted by Crippen LogP contribution is -2.40. The topological polar surface area (TPSA) is 79.1 Å². The van der Waals surface area contributed by atoms with Crippen LogP contribution in [-0.4, -0.2) is 31.9 Å². The average molecular weight is 590 g/mol. The zero-order valence-corrected chi connectivity index (χ0v) is 22.1. The zero-order valence-electron chi connectivity index (χ0n) is 19.1. The molecule has 0 aliphatic carbocycles. The number of esters is 1. The van der Waals surface area contributed by atoms with Gasteiger partial charge in [-0.2, -0.15) is 0 Å². The molecular formula is C25H23IN2O5S. The molecule has 0 saturated heterocycles. The van der Waals surface area contributed by atoms with Crippen molar-refractivity contribution in [3.05, 3.63) is 88.1 Å². The molecule has 0 unspecified atom stereocenters. The lowest BCUT2D eigenvalue weighted by atomic mass is 9.95. The fourth-order valence-corrected chi connectivity index (χ4v) is 5.65. The summed E-state index contributed by atoms with van der Waals surface area (Å²) in [6, 6.07) is 12.6. The quantitative estimate of drug-likeness (QED) is 0.325. The highest BCUT2D eigenvalue weighted by Crippen LogP contribution is 2.34. The molecule has 3 aromatic rings. The van der Waals surface area contributed by atoms with Crippen molar-refractivity contribution in [2.45, 2.75) is 19.4 Å². The fraction of sp³-hybridized carbons (Fsp3) is 0.240. The zero-order chi connectivity index (χ0) is 24.4. The average Bonchev–Trinajstić information content (AvgIpc) is 3.16. The van der Waals surface area contributed by atoms with Crippen LogP contribution in [0, 0.1) is 3.57 Å². The second-order valence-electron chi connectivity index (χ2n) is 7.43. The summed E-state index contributed by atoms with van der Waals surface area (Å²) < 4.78 is 19.1. The monoisotopic (exact) mass is 590 g/mol. The first-order chi connectivity index (χ1) is 16.4. The third kappa shape index (κ3) is 4.29. The Morgan fingerprint density at radius 1 is 1.18 bits per heavy atom. The first kappa shape index (κ1) is 24.2. The number of carbonyl (C=O) groups is 1. The van der Waals surface area contributed by atoms with Crippen LogP contribution in [0.5, 0.6) is 11.5 Å². The van der Waals surface area contributed by atoms with Crippen LogP contribution in [0.4, 0.5) is 0 Å². The molecule has 4 rings (SSSR count). The van der Waals surface area contributed by atoms with Gasteiger partial charge in [0, 0.05) is 9.13 Å². The summed E-state index contributed by atoms with van der Waals surface area (Å²) in [4.78, 5) is 31.8. The molecule has 1 aromatic heterocycles.